The first-order chi connectivity index (χ1) is 13.0. The molecule has 1 amide bonds. The highest BCUT2D eigenvalue weighted by atomic mass is 16.5. The fraction of sp³-hybridized carbons (Fsp3) is 0.316. The lowest BCUT2D eigenvalue weighted by Gasteiger charge is -2.28. The van der Waals surface area contributed by atoms with Gasteiger partial charge in [-0.1, -0.05) is 0 Å². The maximum atomic E-state index is 12.2. The number of ether oxygens (including phenoxy) is 2. The number of esters is 1. The molecule has 1 aromatic carbocycles. The molecule has 1 fully saturated rings. The highest BCUT2D eigenvalue weighted by Gasteiger charge is 2.21. The molecule has 8 nitrogen and oxygen atoms in total. The molecule has 8 heteroatoms. The van der Waals surface area contributed by atoms with Gasteiger partial charge < -0.3 is 24.7 Å². The third kappa shape index (κ3) is 4.73. The highest BCUT2D eigenvalue weighted by molar-refractivity contribution is 5.97. The van der Waals surface area contributed by atoms with Crippen LogP contribution in [0, 0.1) is 0 Å². The van der Waals surface area contributed by atoms with Gasteiger partial charge in [-0.2, -0.15) is 0 Å². The van der Waals surface area contributed by atoms with E-state index >= 15 is 0 Å². The third-order valence-electron chi connectivity index (χ3n) is 4.20. The number of hydrogen-bond donors (Lipinski definition) is 2. The van der Waals surface area contributed by atoms with Crippen LogP contribution in [0.3, 0.4) is 0 Å². The molecule has 0 radical (unpaired) electrons. The fourth-order valence-electron chi connectivity index (χ4n) is 2.68. The van der Waals surface area contributed by atoms with Crippen LogP contribution in [0.2, 0.25) is 0 Å². The van der Waals surface area contributed by atoms with Crippen molar-refractivity contribution < 1.29 is 19.1 Å². The second-order valence-corrected chi connectivity index (χ2v) is 6.10. The number of hydrogen-bond acceptors (Lipinski definition) is 6. The zero-order valence-electron chi connectivity index (χ0n) is 14.9. The predicted octanol–water partition coefficient (Wildman–Crippen LogP) is 1.40. The van der Waals surface area contributed by atoms with Crippen LogP contribution < -0.4 is 15.8 Å². The molecule has 0 aliphatic carbocycles. The van der Waals surface area contributed by atoms with E-state index in [1.165, 1.54) is 25.3 Å². The average molecular weight is 371 g/mol. The van der Waals surface area contributed by atoms with Gasteiger partial charge in [0.05, 0.1) is 13.2 Å². The molecular formula is C19H21N3O5. The first kappa shape index (κ1) is 18.7. The molecule has 2 aromatic rings. The van der Waals surface area contributed by atoms with Crippen molar-refractivity contribution in [3.05, 3.63) is 58.5 Å². The quantitative estimate of drug-likeness (QED) is 0.771. The molecule has 142 valence electrons. The number of rotatable bonds is 5. The average Bonchev–Trinajstić information content (AvgIpc) is 2.69. The van der Waals surface area contributed by atoms with E-state index < -0.39 is 23.5 Å². The Labute approximate surface area is 156 Å². The Hall–Kier alpha value is -3.13. The van der Waals surface area contributed by atoms with Gasteiger partial charge >= 0.3 is 5.97 Å². The number of nitrogens with one attached hydrogen (secondary N) is 2. The van der Waals surface area contributed by atoms with Crippen molar-refractivity contribution in [2.24, 2.45) is 0 Å². The largest absolute Gasteiger partial charge is 0.449 e. The molecule has 1 atom stereocenters. The van der Waals surface area contributed by atoms with Crippen LogP contribution in [-0.2, 0) is 14.3 Å². The van der Waals surface area contributed by atoms with E-state index in [-0.39, 0.29) is 5.56 Å². The van der Waals surface area contributed by atoms with Crippen molar-refractivity contribution in [1.82, 2.24) is 4.98 Å². The Morgan fingerprint density at radius 2 is 1.89 bits per heavy atom. The summed E-state index contributed by atoms with van der Waals surface area (Å²) in [6.07, 6.45) is 0.367. The van der Waals surface area contributed by atoms with Crippen LogP contribution in [0.1, 0.15) is 17.3 Å². The molecule has 0 spiro atoms. The van der Waals surface area contributed by atoms with Crippen molar-refractivity contribution >= 4 is 23.3 Å². The number of benzene rings is 1. The van der Waals surface area contributed by atoms with Gasteiger partial charge in [0.25, 0.3) is 11.5 Å². The summed E-state index contributed by atoms with van der Waals surface area (Å²) in [5, 5.41) is 2.70. The summed E-state index contributed by atoms with van der Waals surface area (Å²) in [7, 11) is 0. The number of anilines is 2. The first-order valence-corrected chi connectivity index (χ1v) is 8.67. The number of carbonyl (C=O) groups excluding carboxylic acids is 2. The Balaban J connectivity index is 1.57. The Morgan fingerprint density at radius 3 is 2.56 bits per heavy atom. The minimum Gasteiger partial charge on any atom is -0.449 e. The standard InChI is InChI=1S/C19H21N3O5/c1-13(27-19(25)16-3-2-8-20-18(16)24)17(23)21-14-4-6-15(7-5-14)22-9-11-26-12-10-22/h2-8,13H,9-12H2,1H3,(H,20,24)(H,21,23)/t13-/m0/s1. The zero-order chi connectivity index (χ0) is 19.2. The second-order valence-electron chi connectivity index (χ2n) is 6.10. The smallest absolute Gasteiger partial charge is 0.344 e. The maximum absolute atomic E-state index is 12.2. The summed E-state index contributed by atoms with van der Waals surface area (Å²) in [6, 6.07) is 10.3. The minimum absolute atomic E-state index is 0.146. The molecule has 3 rings (SSSR count). The number of pyridine rings is 1. The van der Waals surface area contributed by atoms with E-state index in [9.17, 15) is 14.4 Å². The normalized spacial score (nSPS) is 15.1. The molecule has 1 aliphatic heterocycles. The number of amides is 1. The molecule has 1 saturated heterocycles. The van der Waals surface area contributed by atoms with Crippen LogP contribution in [0.25, 0.3) is 0 Å². The van der Waals surface area contributed by atoms with Crippen LogP contribution in [0.5, 0.6) is 0 Å². The Morgan fingerprint density at radius 1 is 1.19 bits per heavy atom. The Bertz CT molecular complexity index is 856. The number of nitrogens with zero attached hydrogens (tertiary/aromatic N) is 1. The van der Waals surface area contributed by atoms with E-state index in [4.69, 9.17) is 9.47 Å². The SMILES string of the molecule is C[C@H](OC(=O)c1ccc[nH]c1=O)C(=O)Nc1ccc(N2CCOCC2)cc1. The first-order valence-electron chi connectivity index (χ1n) is 8.67. The van der Waals surface area contributed by atoms with Gasteiger partial charge in [-0.15, -0.1) is 0 Å². The van der Waals surface area contributed by atoms with Crippen LogP contribution in [0.4, 0.5) is 11.4 Å². The molecule has 27 heavy (non-hydrogen) atoms. The molecule has 1 aromatic heterocycles. The van der Waals surface area contributed by atoms with E-state index in [1.54, 1.807) is 12.1 Å². The zero-order valence-corrected chi connectivity index (χ0v) is 14.9. The van der Waals surface area contributed by atoms with Gasteiger partial charge in [0.15, 0.2) is 6.10 Å². The summed E-state index contributed by atoms with van der Waals surface area (Å²) < 4.78 is 10.4. The van der Waals surface area contributed by atoms with E-state index in [2.05, 4.69) is 15.2 Å². The molecular weight excluding hydrogens is 350 g/mol. The van der Waals surface area contributed by atoms with Gasteiger partial charge in [-0.25, -0.2) is 4.79 Å². The van der Waals surface area contributed by atoms with Crippen LogP contribution in [-0.4, -0.2) is 49.3 Å². The minimum atomic E-state index is -1.05. The van der Waals surface area contributed by atoms with Crippen molar-refractivity contribution in [2.45, 2.75) is 13.0 Å². The summed E-state index contributed by atoms with van der Waals surface area (Å²) in [4.78, 5) is 40.5. The summed E-state index contributed by atoms with van der Waals surface area (Å²) in [6.45, 7) is 4.51. The lowest BCUT2D eigenvalue weighted by atomic mass is 10.2. The number of aromatic nitrogens is 1. The lowest BCUT2D eigenvalue weighted by molar-refractivity contribution is -0.123. The fourth-order valence-corrected chi connectivity index (χ4v) is 2.68. The second kappa shape index (κ2) is 8.50. The van der Waals surface area contributed by atoms with Gasteiger partial charge in [0, 0.05) is 30.7 Å². The summed E-state index contributed by atoms with van der Waals surface area (Å²) in [5.41, 5.74) is 0.942. The van der Waals surface area contributed by atoms with E-state index in [1.807, 2.05) is 12.1 Å². The van der Waals surface area contributed by atoms with E-state index in [0.717, 1.165) is 18.8 Å². The number of H-pyrrole nitrogens is 1. The number of carbonyl (C=O) groups is 2. The van der Waals surface area contributed by atoms with Crippen LogP contribution >= 0.6 is 0 Å². The molecule has 0 bridgehead atoms. The van der Waals surface area contributed by atoms with Gasteiger partial charge in [0.1, 0.15) is 5.56 Å². The van der Waals surface area contributed by atoms with Crippen molar-refractivity contribution in [1.29, 1.82) is 0 Å². The van der Waals surface area contributed by atoms with E-state index in [0.29, 0.717) is 18.9 Å². The van der Waals surface area contributed by atoms with Crippen molar-refractivity contribution in [3.63, 3.8) is 0 Å². The molecule has 0 saturated carbocycles. The third-order valence-corrected chi connectivity index (χ3v) is 4.20. The highest BCUT2D eigenvalue weighted by Crippen LogP contribution is 2.19. The molecule has 2 heterocycles. The van der Waals surface area contributed by atoms with Crippen molar-refractivity contribution in [2.75, 3.05) is 36.5 Å². The summed E-state index contributed by atoms with van der Waals surface area (Å²) >= 11 is 0. The number of aromatic amines is 1. The predicted molar refractivity (Wildman–Crippen MR) is 100 cm³/mol. The van der Waals surface area contributed by atoms with Gasteiger partial charge in [-0.3, -0.25) is 9.59 Å². The van der Waals surface area contributed by atoms with Crippen LogP contribution in [0.15, 0.2) is 47.4 Å². The maximum Gasteiger partial charge on any atom is 0.344 e. The molecule has 0 unspecified atom stereocenters. The van der Waals surface area contributed by atoms with Crippen molar-refractivity contribution in [3.8, 4) is 0 Å². The Kier molecular flexibility index (Phi) is 5.87. The lowest BCUT2D eigenvalue weighted by Crippen LogP contribution is -2.36. The molecule has 1 aliphatic rings. The van der Waals surface area contributed by atoms with Gasteiger partial charge in [-0.05, 0) is 43.3 Å². The topological polar surface area (TPSA) is 101 Å². The number of morpholine rings is 1. The molecule has 2 N–H and O–H groups in total. The summed E-state index contributed by atoms with van der Waals surface area (Å²) in [5.74, 6) is -1.32. The monoisotopic (exact) mass is 371 g/mol. The van der Waals surface area contributed by atoms with Gasteiger partial charge in [0.2, 0.25) is 0 Å².